The highest BCUT2D eigenvalue weighted by atomic mass is 32.2. The number of carbonyl (C=O) groups excluding carboxylic acids is 2. The standard InChI is InChI=1S/C26H29F3N6O7S/c1-16-7-9-19(10-8-16)22-15-23(26(27,28)29)30-34(22)20-11-13-21(14-12-20)43(39,40)31-24(37)25(4,5)33(6)35(38)32-42-18(3)41-17(2)36/h7-15,18H,1-6H3,(H,31,37)/b35-32-. The Kier molecular flexibility index (Phi) is 9.38. The summed E-state index contributed by atoms with van der Waals surface area (Å²) in [5.74, 6) is -1.81. The fourth-order valence-electron chi connectivity index (χ4n) is 3.50. The molecular weight excluding hydrogens is 597 g/mol. The molecule has 232 valence electrons. The Hall–Kier alpha value is -4.67. The molecule has 1 atom stereocenters. The highest BCUT2D eigenvalue weighted by Gasteiger charge is 2.41. The van der Waals surface area contributed by atoms with Gasteiger partial charge in [-0.1, -0.05) is 29.8 Å². The number of nitrogens with one attached hydrogen (secondary N) is 1. The first-order chi connectivity index (χ1) is 19.8. The Morgan fingerprint density at radius 2 is 1.70 bits per heavy atom. The zero-order valence-electron chi connectivity index (χ0n) is 23.9. The molecule has 3 aromatic rings. The minimum Gasteiger partial charge on any atom is -0.569 e. The van der Waals surface area contributed by atoms with Crippen molar-refractivity contribution in [3.63, 3.8) is 0 Å². The van der Waals surface area contributed by atoms with E-state index in [-0.39, 0.29) is 21.2 Å². The second-order valence-electron chi connectivity index (χ2n) is 9.82. The number of hydrogen-bond acceptors (Lipinski definition) is 9. The van der Waals surface area contributed by atoms with E-state index in [1.54, 1.807) is 24.3 Å². The lowest BCUT2D eigenvalue weighted by Crippen LogP contribution is -2.56. The Morgan fingerprint density at radius 1 is 1.12 bits per heavy atom. The number of ether oxygens (including phenoxy) is 1. The highest BCUT2D eigenvalue weighted by Crippen LogP contribution is 2.33. The van der Waals surface area contributed by atoms with Gasteiger partial charge in [-0.2, -0.15) is 18.3 Å². The van der Waals surface area contributed by atoms with E-state index >= 15 is 0 Å². The number of rotatable bonds is 10. The molecule has 0 aliphatic heterocycles. The lowest BCUT2D eigenvalue weighted by molar-refractivity contribution is -0.718. The van der Waals surface area contributed by atoms with E-state index in [2.05, 4.69) is 15.1 Å². The second kappa shape index (κ2) is 12.3. The first-order valence-corrected chi connectivity index (χ1v) is 14.0. The third-order valence-corrected chi connectivity index (χ3v) is 7.53. The predicted octanol–water partition coefficient (Wildman–Crippen LogP) is 4.10. The molecule has 43 heavy (non-hydrogen) atoms. The van der Waals surface area contributed by atoms with Gasteiger partial charge in [0.1, 0.15) is 0 Å². The molecule has 0 saturated carbocycles. The van der Waals surface area contributed by atoms with Gasteiger partial charge in [0.15, 0.2) is 11.2 Å². The van der Waals surface area contributed by atoms with Gasteiger partial charge in [0.25, 0.3) is 22.2 Å². The van der Waals surface area contributed by atoms with Crippen molar-refractivity contribution in [3.8, 4) is 16.9 Å². The number of esters is 1. The normalized spacial score (nSPS) is 13.3. The van der Waals surface area contributed by atoms with Crippen LogP contribution in [0.25, 0.3) is 16.9 Å². The molecular formula is C26H29F3N6O7S. The average Bonchev–Trinajstić information content (AvgIpc) is 3.37. The van der Waals surface area contributed by atoms with Crippen molar-refractivity contribution in [3.05, 3.63) is 71.1 Å². The summed E-state index contributed by atoms with van der Waals surface area (Å²) in [5, 5.41) is 19.9. The number of halogens is 3. The van der Waals surface area contributed by atoms with Crippen molar-refractivity contribution in [1.82, 2.24) is 19.5 Å². The zero-order valence-corrected chi connectivity index (χ0v) is 24.7. The molecule has 1 unspecified atom stereocenters. The van der Waals surface area contributed by atoms with Crippen molar-refractivity contribution in [2.45, 2.75) is 57.5 Å². The second-order valence-corrected chi connectivity index (χ2v) is 11.5. The minimum atomic E-state index is -4.72. The molecule has 0 saturated heterocycles. The van der Waals surface area contributed by atoms with Gasteiger partial charge in [-0.3, -0.25) is 14.4 Å². The molecule has 13 nitrogen and oxygen atoms in total. The molecule has 1 heterocycles. The SMILES string of the molecule is CC(=O)OC(C)O/N=[N+](\[O-])N(C)C(C)(C)C(=O)NS(=O)(=O)c1ccc(-n2nc(C(F)(F)F)cc2-c2ccc(C)cc2)cc1. The smallest absolute Gasteiger partial charge is 0.435 e. The van der Waals surface area contributed by atoms with Gasteiger partial charge in [-0.25, -0.2) is 17.8 Å². The fraction of sp³-hybridized carbons (Fsp3) is 0.346. The number of likely N-dealkylation sites (N-methyl/N-ethyl adjacent to an activating group) is 1. The third-order valence-electron chi connectivity index (χ3n) is 6.18. The summed E-state index contributed by atoms with van der Waals surface area (Å²) in [6.07, 6.45) is -5.94. The summed E-state index contributed by atoms with van der Waals surface area (Å²) in [5.41, 5.74) is -1.32. The summed E-state index contributed by atoms with van der Waals surface area (Å²) in [7, 11) is -3.36. The van der Waals surface area contributed by atoms with Crippen LogP contribution in [0.1, 0.15) is 39.0 Å². The van der Waals surface area contributed by atoms with Crippen LogP contribution in [0.4, 0.5) is 13.2 Å². The third kappa shape index (κ3) is 7.79. The summed E-state index contributed by atoms with van der Waals surface area (Å²) in [4.78, 5) is 28.1. The Labute approximate surface area is 245 Å². The Balaban J connectivity index is 1.84. The summed E-state index contributed by atoms with van der Waals surface area (Å²) < 4.78 is 74.0. The van der Waals surface area contributed by atoms with Crippen LogP contribution >= 0.6 is 0 Å². The highest BCUT2D eigenvalue weighted by molar-refractivity contribution is 7.90. The first kappa shape index (κ1) is 32.8. The number of aromatic nitrogens is 2. The number of aryl methyl sites for hydroxylation is 1. The molecule has 0 aliphatic rings. The number of nitrogens with zero attached hydrogens (tertiary/aromatic N) is 5. The molecule has 0 aliphatic carbocycles. The molecule has 2 aromatic carbocycles. The van der Waals surface area contributed by atoms with E-state index in [0.717, 1.165) is 47.4 Å². The van der Waals surface area contributed by atoms with Crippen LogP contribution in [0.5, 0.6) is 0 Å². The molecule has 0 spiro atoms. The van der Waals surface area contributed by atoms with Gasteiger partial charge in [0.2, 0.25) is 5.28 Å². The monoisotopic (exact) mass is 626 g/mol. The molecule has 1 N–H and O–H groups in total. The minimum absolute atomic E-state index is 0.125. The lowest BCUT2D eigenvalue weighted by Gasteiger charge is -2.29. The van der Waals surface area contributed by atoms with Gasteiger partial charge >= 0.3 is 12.1 Å². The maximum absolute atomic E-state index is 13.5. The van der Waals surface area contributed by atoms with Crippen LogP contribution in [-0.4, -0.2) is 58.9 Å². The quantitative estimate of drug-likeness (QED) is 0.115. The number of alkyl halides is 3. The Bertz CT molecular complexity index is 1620. The summed E-state index contributed by atoms with van der Waals surface area (Å²) in [6, 6.07) is 12.3. The molecule has 0 bridgehead atoms. The van der Waals surface area contributed by atoms with Crippen molar-refractivity contribution >= 4 is 21.9 Å². The molecule has 17 heteroatoms. The van der Waals surface area contributed by atoms with Crippen LogP contribution < -0.4 is 4.72 Å². The lowest BCUT2D eigenvalue weighted by atomic mass is 10.1. The fourth-order valence-corrected chi connectivity index (χ4v) is 4.60. The summed E-state index contributed by atoms with van der Waals surface area (Å²) >= 11 is 0. The zero-order chi connectivity index (χ0) is 32.3. The van der Waals surface area contributed by atoms with Gasteiger partial charge in [0, 0.05) is 19.4 Å². The van der Waals surface area contributed by atoms with Crippen LogP contribution in [0.2, 0.25) is 0 Å². The molecule has 0 fully saturated rings. The van der Waals surface area contributed by atoms with Crippen LogP contribution in [-0.2, 0) is 35.4 Å². The molecule has 1 aromatic heterocycles. The Morgan fingerprint density at radius 3 is 2.23 bits per heavy atom. The van der Waals surface area contributed by atoms with Gasteiger partial charge in [-0.15, -0.1) is 5.01 Å². The van der Waals surface area contributed by atoms with Crippen molar-refractivity contribution in [2.24, 2.45) is 5.28 Å². The van der Waals surface area contributed by atoms with Crippen LogP contribution in [0.15, 0.2) is 64.8 Å². The number of hydrogen-bond donors (Lipinski definition) is 1. The number of hydrazine groups is 1. The van der Waals surface area contributed by atoms with E-state index in [9.17, 15) is 36.4 Å². The topological polar surface area (TPSA) is 158 Å². The van der Waals surface area contributed by atoms with E-state index in [1.807, 2.05) is 11.6 Å². The van der Waals surface area contributed by atoms with Gasteiger partial charge in [0.05, 0.1) is 28.3 Å². The van der Waals surface area contributed by atoms with Crippen molar-refractivity contribution in [2.75, 3.05) is 7.05 Å². The molecule has 1 amide bonds. The van der Waals surface area contributed by atoms with Crippen molar-refractivity contribution in [1.29, 1.82) is 0 Å². The summed E-state index contributed by atoms with van der Waals surface area (Å²) in [6.45, 7) is 6.71. The van der Waals surface area contributed by atoms with E-state index in [4.69, 9.17) is 4.84 Å². The van der Waals surface area contributed by atoms with Gasteiger partial charge < -0.3 is 9.94 Å². The van der Waals surface area contributed by atoms with E-state index in [0.29, 0.717) is 5.56 Å². The first-order valence-electron chi connectivity index (χ1n) is 12.5. The van der Waals surface area contributed by atoms with E-state index < -0.39 is 45.6 Å². The number of carbonyl (C=O) groups is 2. The number of benzene rings is 2. The molecule has 0 radical (unpaired) electrons. The number of sulfonamides is 1. The maximum Gasteiger partial charge on any atom is 0.435 e. The maximum atomic E-state index is 13.5. The van der Waals surface area contributed by atoms with Crippen molar-refractivity contribution < 1.29 is 45.7 Å². The predicted molar refractivity (Wildman–Crippen MR) is 144 cm³/mol. The van der Waals surface area contributed by atoms with Crippen LogP contribution in [0.3, 0.4) is 0 Å². The largest absolute Gasteiger partial charge is 0.569 e. The average molecular weight is 627 g/mol. The molecule has 3 rings (SSSR count). The van der Waals surface area contributed by atoms with E-state index in [1.165, 1.54) is 32.9 Å². The van der Waals surface area contributed by atoms with Crippen LogP contribution in [0, 0.1) is 12.1 Å². The van der Waals surface area contributed by atoms with Gasteiger partial charge in [-0.05, 0) is 51.1 Å². The number of amides is 1.